The molecule has 0 aliphatic heterocycles. The Labute approximate surface area is 167 Å². The van der Waals surface area contributed by atoms with Gasteiger partial charge in [0, 0.05) is 17.8 Å². The highest BCUT2D eigenvalue weighted by Crippen LogP contribution is 2.31. The van der Waals surface area contributed by atoms with E-state index in [0.29, 0.717) is 21.8 Å². The molecule has 3 aromatic rings. The Hall–Kier alpha value is -2.26. The maximum Gasteiger partial charge on any atom is 0.416 e. The molecule has 1 aromatic heterocycles. The summed E-state index contributed by atoms with van der Waals surface area (Å²) < 4.78 is 58.5. The number of hydrogen-bond acceptors (Lipinski definition) is 4. The highest BCUT2D eigenvalue weighted by Gasteiger charge is 2.30. The van der Waals surface area contributed by atoms with Crippen LogP contribution in [0.25, 0.3) is 0 Å². The summed E-state index contributed by atoms with van der Waals surface area (Å²) in [7, 11) is 1.72. The average molecular weight is 432 g/mol. The lowest BCUT2D eigenvalue weighted by Gasteiger charge is -2.10. The Kier molecular flexibility index (Phi) is 6.14. The van der Waals surface area contributed by atoms with E-state index in [1.54, 1.807) is 17.7 Å². The van der Waals surface area contributed by atoms with Crippen molar-refractivity contribution in [1.29, 1.82) is 0 Å². The lowest BCUT2D eigenvalue weighted by atomic mass is 10.2. The minimum atomic E-state index is -4.43. The van der Waals surface area contributed by atoms with Gasteiger partial charge in [-0.1, -0.05) is 35.5 Å². The molecule has 0 fully saturated rings. The number of alkyl halides is 3. The number of halogens is 5. The van der Waals surface area contributed by atoms with Gasteiger partial charge in [0.2, 0.25) is 0 Å². The minimum Gasteiger partial charge on any atom is -0.486 e. The first kappa shape index (κ1) is 20.5. The second-order valence-corrected chi connectivity index (χ2v) is 7.15. The number of ether oxygens (including phenoxy) is 1. The van der Waals surface area contributed by atoms with Gasteiger partial charge in [-0.15, -0.1) is 10.2 Å². The Morgan fingerprint density at radius 3 is 2.64 bits per heavy atom. The first-order valence-corrected chi connectivity index (χ1v) is 9.35. The standard InChI is InChI=1S/C18H14ClF4N3OS/c1-26-16(9-27-14-4-2-3-12(7-14)18(21,22)23)24-25-17(26)28-10-11-5-6-13(20)8-15(11)19/h2-8H,9-10H2,1H3. The van der Waals surface area contributed by atoms with Crippen molar-refractivity contribution in [3.63, 3.8) is 0 Å². The fourth-order valence-electron chi connectivity index (χ4n) is 2.29. The van der Waals surface area contributed by atoms with Gasteiger partial charge in [-0.05, 0) is 35.9 Å². The molecule has 28 heavy (non-hydrogen) atoms. The van der Waals surface area contributed by atoms with E-state index in [1.165, 1.54) is 36.0 Å². The van der Waals surface area contributed by atoms with Gasteiger partial charge in [-0.25, -0.2) is 4.39 Å². The molecule has 0 bridgehead atoms. The van der Waals surface area contributed by atoms with Gasteiger partial charge in [-0.2, -0.15) is 13.2 Å². The van der Waals surface area contributed by atoms with Crippen molar-refractivity contribution in [1.82, 2.24) is 14.8 Å². The molecule has 10 heteroatoms. The third-order valence-corrected chi connectivity index (χ3v) is 5.25. The Morgan fingerprint density at radius 1 is 1.14 bits per heavy atom. The van der Waals surface area contributed by atoms with Crippen molar-refractivity contribution >= 4 is 23.4 Å². The maximum absolute atomic E-state index is 13.1. The fraction of sp³-hybridized carbons (Fsp3) is 0.222. The number of thioether (sulfide) groups is 1. The highest BCUT2D eigenvalue weighted by atomic mass is 35.5. The lowest BCUT2D eigenvalue weighted by molar-refractivity contribution is -0.137. The van der Waals surface area contributed by atoms with E-state index in [9.17, 15) is 17.6 Å². The molecule has 0 amide bonds. The maximum atomic E-state index is 13.1. The van der Waals surface area contributed by atoms with Gasteiger partial charge in [0.1, 0.15) is 18.2 Å². The van der Waals surface area contributed by atoms with Crippen molar-refractivity contribution < 1.29 is 22.3 Å². The van der Waals surface area contributed by atoms with Crippen molar-refractivity contribution in [3.8, 4) is 5.75 Å². The summed E-state index contributed by atoms with van der Waals surface area (Å²) in [6.45, 7) is -0.0390. The summed E-state index contributed by atoms with van der Waals surface area (Å²) >= 11 is 7.35. The van der Waals surface area contributed by atoms with E-state index in [4.69, 9.17) is 16.3 Å². The monoisotopic (exact) mass is 431 g/mol. The largest absolute Gasteiger partial charge is 0.486 e. The van der Waals surface area contributed by atoms with Crippen LogP contribution in [0, 0.1) is 5.82 Å². The summed E-state index contributed by atoms with van der Waals surface area (Å²) in [4.78, 5) is 0. The molecular weight excluding hydrogens is 418 g/mol. The van der Waals surface area contributed by atoms with Gasteiger partial charge in [0.05, 0.1) is 5.56 Å². The smallest absolute Gasteiger partial charge is 0.416 e. The van der Waals surface area contributed by atoms with E-state index in [2.05, 4.69) is 10.2 Å². The van der Waals surface area contributed by atoms with E-state index < -0.39 is 17.6 Å². The highest BCUT2D eigenvalue weighted by molar-refractivity contribution is 7.98. The predicted octanol–water partition coefficient (Wildman–Crippen LogP) is 5.50. The molecule has 148 valence electrons. The first-order valence-electron chi connectivity index (χ1n) is 7.99. The Balaban J connectivity index is 1.63. The molecule has 0 radical (unpaired) electrons. The number of hydrogen-bond donors (Lipinski definition) is 0. The summed E-state index contributed by atoms with van der Waals surface area (Å²) in [5.41, 5.74) is -0.0341. The molecule has 3 rings (SSSR count). The zero-order valence-electron chi connectivity index (χ0n) is 14.5. The molecule has 0 spiro atoms. The van der Waals surface area contributed by atoms with Crippen LogP contribution in [0.4, 0.5) is 17.6 Å². The average Bonchev–Trinajstić information content (AvgIpc) is 2.99. The number of nitrogens with zero attached hydrogens (tertiary/aromatic N) is 3. The summed E-state index contributed by atoms with van der Waals surface area (Å²) in [5, 5.41) is 8.94. The third kappa shape index (κ3) is 4.96. The zero-order chi connectivity index (χ0) is 20.3. The quantitative estimate of drug-likeness (QED) is 0.382. The van der Waals surface area contributed by atoms with Crippen LogP contribution in [0.15, 0.2) is 47.6 Å². The van der Waals surface area contributed by atoms with Crippen molar-refractivity contribution in [2.75, 3.05) is 0 Å². The molecule has 0 atom stereocenters. The van der Waals surface area contributed by atoms with Crippen LogP contribution in [-0.2, 0) is 25.6 Å². The third-order valence-electron chi connectivity index (χ3n) is 3.83. The number of rotatable bonds is 6. The molecule has 0 aliphatic rings. The molecule has 0 saturated heterocycles. The van der Waals surface area contributed by atoms with Crippen LogP contribution in [0.1, 0.15) is 17.0 Å². The first-order chi connectivity index (χ1) is 13.2. The van der Waals surface area contributed by atoms with Crippen LogP contribution in [-0.4, -0.2) is 14.8 Å². The summed E-state index contributed by atoms with van der Waals surface area (Å²) in [5.74, 6) is 0.584. The minimum absolute atomic E-state index is 0.0390. The van der Waals surface area contributed by atoms with E-state index in [0.717, 1.165) is 17.7 Å². The molecule has 0 N–H and O–H groups in total. The second-order valence-electron chi connectivity index (χ2n) is 5.80. The van der Waals surface area contributed by atoms with Crippen molar-refractivity contribution in [3.05, 3.63) is 70.3 Å². The van der Waals surface area contributed by atoms with Gasteiger partial charge in [0.15, 0.2) is 11.0 Å². The van der Waals surface area contributed by atoms with Crippen LogP contribution in [0.5, 0.6) is 5.75 Å². The summed E-state index contributed by atoms with van der Waals surface area (Å²) in [6.07, 6.45) is -4.43. The molecule has 4 nitrogen and oxygen atoms in total. The predicted molar refractivity (Wildman–Crippen MR) is 97.8 cm³/mol. The fourth-order valence-corrected chi connectivity index (χ4v) is 3.53. The molecular formula is C18H14ClF4N3OS. The normalized spacial score (nSPS) is 11.6. The Morgan fingerprint density at radius 2 is 1.93 bits per heavy atom. The summed E-state index contributed by atoms with van der Waals surface area (Å²) in [6, 6.07) is 8.79. The van der Waals surface area contributed by atoms with E-state index >= 15 is 0 Å². The SMILES string of the molecule is Cn1c(COc2cccc(C(F)(F)F)c2)nnc1SCc1ccc(F)cc1Cl. The van der Waals surface area contributed by atoms with Crippen LogP contribution in [0.2, 0.25) is 5.02 Å². The number of benzene rings is 2. The molecule has 0 saturated carbocycles. The van der Waals surface area contributed by atoms with E-state index in [-0.39, 0.29) is 12.4 Å². The van der Waals surface area contributed by atoms with Gasteiger partial charge in [-0.3, -0.25) is 0 Å². The van der Waals surface area contributed by atoms with Crippen LogP contribution >= 0.6 is 23.4 Å². The van der Waals surface area contributed by atoms with E-state index in [1.807, 2.05) is 0 Å². The molecule has 2 aromatic carbocycles. The van der Waals surface area contributed by atoms with Crippen molar-refractivity contribution in [2.45, 2.75) is 23.7 Å². The molecule has 0 unspecified atom stereocenters. The Bertz CT molecular complexity index is 978. The van der Waals surface area contributed by atoms with Crippen LogP contribution < -0.4 is 4.74 Å². The van der Waals surface area contributed by atoms with Crippen LogP contribution in [0.3, 0.4) is 0 Å². The molecule has 1 heterocycles. The zero-order valence-corrected chi connectivity index (χ0v) is 16.1. The second kappa shape index (κ2) is 8.40. The molecule has 0 aliphatic carbocycles. The van der Waals surface area contributed by atoms with Gasteiger partial charge in [0.25, 0.3) is 0 Å². The van der Waals surface area contributed by atoms with Gasteiger partial charge < -0.3 is 9.30 Å². The lowest BCUT2D eigenvalue weighted by Crippen LogP contribution is -2.07. The van der Waals surface area contributed by atoms with Crippen molar-refractivity contribution in [2.24, 2.45) is 7.05 Å². The number of aromatic nitrogens is 3. The van der Waals surface area contributed by atoms with Gasteiger partial charge >= 0.3 is 6.18 Å². The topological polar surface area (TPSA) is 39.9 Å².